The van der Waals surface area contributed by atoms with Gasteiger partial charge in [0.2, 0.25) is 0 Å². The zero-order chi connectivity index (χ0) is 10.6. The van der Waals surface area contributed by atoms with E-state index in [0.717, 1.165) is 25.7 Å². The second-order valence-electron chi connectivity index (χ2n) is 3.42. The Morgan fingerprint density at radius 3 is 2.21 bits per heavy atom. The third kappa shape index (κ3) is 9.52. The summed E-state index contributed by atoms with van der Waals surface area (Å²) in [5.41, 5.74) is 0. The number of hydrogen-bond acceptors (Lipinski definition) is 3. The van der Waals surface area contributed by atoms with Gasteiger partial charge in [-0.1, -0.05) is 32.6 Å². The maximum absolute atomic E-state index is 10.7. The van der Waals surface area contributed by atoms with E-state index in [0.29, 0.717) is 19.6 Å². The highest BCUT2D eigenvalue weighted by Gasteiger charge is 1.96. The van der Waals surface area contributed by atoms with Gasteiger partial charge in [-0.2, -0.15) is 0 Å². The van der Waals surface area contributed by atoms with Crippen LogP contribution in [-0.4, -0.2) is 24.3 Å². The summed E-state index contributed by atoms with van der Waals surface area (Å²) in [6.45, 7) is 2.66. The predicted octanol–water partition coefficient (Wildman–Crippen LogP) is 2.27. The molecule has 1 N–H and O–H groups in total. The Morgan fingerprint density at radius 1 is 1.07 bits per heavy atom. The van der Waals surface area contributed by atoms with Crippen molar-refractivity contribution in [1.29, 1.82) is 0 Å². The standard InChI is InChI=1S/C11H22O3/c1-2-11(13)14-10-8-6-4-3-5-7-9-12/h12H,2-10H2,1H3. The number of aliphatic hydroxyl groups excluding tert-OH is 1. The highest BCUT2D eigenvalue weighted by molar-refractivity contribution is 5.68. The molecule has 3 heteroatoms. The number of hydrogen-bond donors (Lipinski definition) is 1. The molecule has 14 heavy (non-hydrogen) atoms. The molecule has 84 valence electrons. The zero-order valence-electron chi connectivity index (χ0n) is 9.13. The lowest BCUT2D eigenvalue weighted by Gasteiger charge is -2.02. The van der Waals surface area contributed by atoms with Gasteiger partial charge in [-0.3, -0.25) is 4.79 Å². The van der Waals surface area contributed by atoms with E-state index in [1.165, 1.54) is 12.8 Å². The smallest absolute Gasteiger partial charge is 0.305 e. The molecule has 0 bridgehead atoms. The van der Waals surface area contributed by atoms with Crippen LogP contribution in [-0.2, 0) is 9.53 Å². The molecule has 0 atom stereocenters. The van der Waals surface area contributed by atoms with Gasteiger partial charge in [0.15, 0.2) is 0 Å². The summed E-state index contributed by atoms with van der Waals surface area (Å²) in [7, 11) is 0. The van der Waals surface area contributed by atoms with Crippen molar-refractivity contribution in [3.05, 3.63) is 0 Å². The van der Waals surface area contributed by atoms with E-state index in [-0.39, 0.29) is 5.97 Å². The van der Waals surface area contributed by atoms with Crippen LogP contribution >= 0.6 is 0 Å². The van der Waals surface area contributed by atoms with E-state index in [1.807, 2.05) is 0 Å². The second-order valence-corrected chi connectivity index (χ2v) is 3.42. The van der Waals surface area contributed by atoms with Crippen LogP contribution in [0.2, 0.25) is 0 Å². The predicted molar refractivity (Wildman–Crippen MR) is 56.0 cm³/mol. The van der Waals surface area contributed by atoms with Gasteiger partial charge in [0.05, 0.1) is 6.61 Å². The first-order valence-corrected chi connectivity index (χ1v) is 5.57. The van der Waals surface area contributed by atoms with Crippen molar-refractivity contribution in [2.45, 2.75) is 51.9 Å². The molecule has 0 aromatic rings. The van der Waals surface area contributed by atoms with Crippen molar-refractivity contribution in [2.24, 2.45) is 0 Å². The molecule has 0 saturated carbocycles. The third-order valence-corrected chi connectivity index (χ3v) is 2.10. The van der Waals surface area contributed by atoms with Gasteiger partial charge < -0.3 is 9.84 Å². The maximum atomic E-state index is 10.7. The molecule has 0 radical (unpaired) electrons. The first-order chi connectivity index (χ1) is 6.81. The Bertz CT molecular complexity index is 134. The molecule has 0 aromatic heterocycles. The molecular weight excluding hydrogens is 180 g/mol. The minimum atomic E-state index is -0.106. The summed E-state index contributed by atoms with van der Waals surface area (Å²) in [6, 6.07) is 0. The summed E-state index contributed by atoms with van der Waals surface area (Å²) < 4.78 is 4.94. The first kappa shape index (κ1) is 13.4. The van der Waals surface area contributed by atoms with E-state index in [1.54, 1.807) is 6.92 Å². The molecule has 0 spiro atoms. The highest BCUT2D eigenvalue weighted by atomic mass is 16.5. The molecule has 0 aliphatic heterocycles. The molecule has 0 rings (SSSR count). The van der Waals surface area contributed by atoms with Gasteiger partial charge in [0, 0.05) is 13.0 Å². The molecule has 0 amide bonds. The first-order valence-electron chi connectivity index (χ1n) is 5.57. The topological polar surface area (TPSA) is 46.5 Å². The summed E-state index contributed by atoms with van der Waals surface area (Å²) in [5.74, 6) is -0.106. The van der Waals surface area contributed by atoms with E-state index in [4.69, 9.17) is 9.84 Å². The summed E-state index contributed by atoms with van der Waals surface area (Å²) in [6.07, 6.45) is 6.89. The minimum absolute atomic E-state index is 0.106. The lowest BCUT2D eigenvalue weighted by atomic mass is 10.1. The van der Waals surface area contributed by atoms with Crippen LogP contribution in [0.15, 0.2) is 0 Å². The number of rotatable bonds is 9. The van der Waals surface area contributed by atoms with Crippen LogP contribution in [0, 0.1) is 0 Å². The number of carbonyl (C=O) groups excluding carboxylic acids is 1. The number of aliphatic hydroxyl groups is 1. The average Bonchev–Trinajstić information content (AvgIpc) is 2.21. The molecule has 0 aliphatic rings. The fourth-order valence-corrected chi connectivity index (χ4v) is 1.21. The van der Waals surface area contributed by atoms with Crippen molar-refractivity contribution in [3.63, 3.8) is 0 Å². The largest absolute Gasteiger partial charge is 0.466 e. The molecule has 3 nitrogen and oxygen atoms in total. The van der Waals surface area contributed by atoms with Gasteiger partial charge >= 0.3 is 5.97 Å². The summed E-state index contributed by atoms with van der Waals surface area (Å²) in [5, 5.41) is 8.54. The summed E-state index contributed by atoms with van der Waals surface area (Å²) >= 11 is 0. The van der Waals surface area contributed by atoms with Gasteiger partial charge in [-0.15, -0.1) is 0 Å². The lowest BCUT2D eigenvalue weighted by molar-refractivity contribution is -0.143. The molecule has 0 heterocycles. The van der Waals surface area contributed by atoms with Gasteiger partial charge in [0.25, 0.3) is 0 Å². The molecule has 0 aromatic carbocycles. The zero-order valence-corrected chi connectivity index (χ0v) is 9.13. The van der Waals surface area contributed by atoms with Crippen LogP contribution < -0.4 is 0 Å². The fraction of sp³-hybridized carbons (Fsp3) is 0.909. The number of ether oxygens (including phenoxy) is 1. The van der Waals surface area contributed by atoms with Crippen LogP contribution in [0.4, 0.5) is 0 Å². The maximum Gasteiger partial charge on any atom is 0.305 e. The van der Waals surface area contributed by atoms with Crippen LogP contribution in [0.25, 0.3) is 0 Å². The highest BCUT2D eigenvalue weighted by Crippen LogP contribution is 2.05. The van der Waals surface area contributed by atoms with E-state index in [2.05, 4.69) is 0 Å². The second kappa shape index (κ2) is 10.5. The van der Waals surface area contributed by atoms with E-state index in [9.17, 15) is 4.79 Å². The van der Waals surface area contributed by atoms with Crippen molar-refractivity contribution < 1.29 is 14.6 Å². The molecule has 0 saturated heterocycles. The van der Waals surface area contributed by atoms with Crippen molar-refractivity contribution >= 4 is 5.97 Å². The normalized spacial score (nSPS) is 10.1. The quantitative estimate of drug-likeness (QED) is 0.461. The number of carbonyl (C=O) groups is 1. The molecule has 0 fully saturated rings. The fourth-order valence-electron chi connectivity index (χ4n) is 1.21. The van der Waals surface area contributed by atoms with E-state index < -0.39 is 0 Å². The summed E-state index contributed by atoms with van der Waals surface area (Å²) in [4.78, 5) is 10.7. The molecular formula is C11H22O3. The Labute approximate surface area is 86.5 Å². The monoisotopic (exact) mass is 202 g/mol. The van der Waals surface area contributed by atoms with Gasteiger partial charge in [0.1, 0.15) is 0 Å². The van der Waals surface area contributed by atoms with Crippen LogP contribution in [0.1, 0.15) is 51.9 Å². The molecule has 0 aliphatic carbocycles. The molecule has 0 unspecified atom stereocenters. The third-order valence-electron chi connectivity index (χ3n) is 2.10. The minimum Gasteiger partial charge on any atom is -0.466 e. The lowest BCUT2D eigenvalue weighted by Crippen LogP contribution is -2.03. The van der Waals surface area contributed by atoms with Crippen LogP contribution in [0.3, 0.4) is 0 Å². The Balaban J connectivity index is 2.95. The van der Waals surface area contributed by atoms with Crippen molar-refractivity contribution in [1.82, 2.24) is 0 Å². The Hall–Kier alpha value is -0.570. The SMILES string of the molecule is CCC(=O)OCCCCCCCCO. The average molecular weight is 202 g/mol. The van der Waals surface area contributed by atoms with Gasteiger partial charge in [-0.05, 0) is 12.8 Å². The number of esters is 1. The van der Waals surface area contributed by atoms with E-state index >= 15 is 0 Å². The number of unbranched alkanes of at least 4 members (excludes halogenated alkanes) is 5. The van der Waals surface area contributed by atoms with Crippen molar-refractivity contribution in [3.8, 4) is 0 Å². The van der Waals surface area contributed by atoms with Crippen molar-refractivity contribution in [2.75, 3.05) is 13.2 Å². The van der Waals surface area contributed by atoms with Gasteiger partial charge in [-0.25, -0.2) is 0 Å². The van der Waals surface area contributed by atoms with Crippen LogP contribution in [0.5, 0.6) is 0 Å². The Kier molecular flexibility index (Phi) is 10.1. The Morgan fingerprint density at radius 2 is 1.64 bits per heavy atom.